The van der Waals surface area contributed by atoms with Crippen molar-refractivity contribution in [1.29, 1.82) is 5.26 Å². The van der Waals surface area contributed by atoms with Crippen LogP contribution in [0.15, 0.2) is 54.3 Å². The first-order valence-electron chi connectivity index (χ1n) is 11.6. The molecule has 7 nitrogen and oxygen atoms in total. The second-order valence-corrected chi connectivity index (χ2v) is 9.29. The highest BCUT2D eigenvalue weighted by Gasteiger charge is 2.39. The van der Waals surface area contributed by atoms with Gasteiger partial charge in [0.05, 0.1) is 6.07 Å². The summed E-state index contributed by atoms with van der Waals surface area (Å²) in [7, 11) is 0. The third-order valence-corrected chi connectivity index (χ3v) is 7.11. The summed E-state index contributed by atoms with van der Waals surface area (Å²) in [6, 6.07) is 9.62. The van der Waals surface area contributed by atoms with Crippen LogP contribution in [0.1, 0.15) is 25.3 Å². The minimum atomic E-state index is -0.727. The van der Waals surface area contributed by atoms with Gasteiger partial charge in [0.15, 0.2) is 5.76 Å². The van der Waals surface area contributed by atoms with E-state index < -0.39 is 5.92 Å². The molecule has 0 saturated carbocycles. The van der Waals surface area contributed by atoms with Crippen LogP contribution in [0.5, 0.6) is 0 Å². The molecule has 6 rings (SSSR count). The molecule has 1 aromatic rings. The highest BCUT2D eigenvalue weighted by molar-refractivity contribution is 5.95. The van der Waals surface area contributed by atoms with Crippen LogP contribution in [0.4, 0.5) is 5.69 Å². The van der Waals surface area contributed by atoms with Crippen molar-refractivity contribution >= 4 is 23.1 Å². The maximum atomic E-state index is 13.0. The lowest BCUT2D eigenvalue weighted by atomic mass is 9.84. The number of rotatable bonds is 5. The van der Waals surface area contributed by atoms with E-state index in [-0.39, 0.29) is 29.9 Å². The average Bonchev–Trinajstić information content (AvgIpc) is 3.29. The topological polar surface area (TPSA) is 94.5 Å². The van der Waals surface area contributed by atoms with Gasteiger partial charge in [-0.2, -0.15) is 5.26 Å². The third kappa shape index (κ3) is 4.31. The molecule has 0 spiro atoms. The molecular weight excluding hydrogens is 416 g/mol. The number of hydrogen-bond donors (Lipinski definition) is 2. The molecule has 7 heteroatoms. The molecule has 3 saturated heterocycles. The number of allylic oxidation sites excluding steroid dienone is 2. The van der Waals surface area contributed by atoms with Gasteiger partial charge in [0.25, 0.3) is 5.91 Å². The van der Waals surface area contributed by atoms with Crippen molar-refractivity contribution in [2.75, 3.05) is 25.0 Å². The summed E-state index contributed by atoms with van der Waals surface area (Å²) >= 11 is 0. The molecule has 4 unspecified atom stereocenters. The minimum Gasteiger partial charge on any atom is -0.479 e. The maximum absolute atomic E-state index is 13.0. The zero-order valence-corrected chi connectivity index (χ0v) is 18.7. The van der Waals surface area contributed by atoms with Crippen LogP contribution in [0.2, 0.25) is 0 Å². The first-order chi connectivity index (χ1) is 16.0. The molecule has 170 valence electrons. The first kappa shape index (κ1) is 21.5. The normalized spacial score (nSPS) is 30.2. The second kappa shape index (κ2) is 8.87. The highest BCUT2D eigenvalue weighted by Crippen LogP contribution is 2.38. The largest absolute Gasteiger partial charge is 0.479 e. The third-order valence-electron chi connectivity index (χ3n) is 7.11. The fourth-order valence-corrected chi connectivity index (χ4v) is 5.17. The van der Waals surface area contributed by atoms with E-state index in [1.165, 1.54) is 0 Å². The summed E-state index contributed by atoms with van der Waals surface area (Å²) in [6.07, 6.45) is 9.92. The van der Waals surface area contributed by atoms with Gasteiger partial charge in [0.2, 0.25) is 5.91 Å². The van der Waals surface area contributed by atoms with Gasteiger partial charge in [0.1, 0.15) is 12.0 Å². The van der Waals surface area contributed by atoms with Crippen LogP contribution in [0, 0.1) is 29.1 Å². The molecule has 3 fully saturated rings. The highest BCUT2D eigenvalue weighted by atomic mass is 16.5. The van der Waals surface area contributed by atoms with Gasteiger partial charge >= 0.3 is 0 Å². The number of amides is 2. The Morgan fingerprint density at radius 1 is 1.27 bits per heavy atom. The lowest BCUT2D eigenvalue weighted by Gasteiger charge is -2.44. The predicted molar refractivity (Wildman–Crippen MR) is 125 cm³/mol. The molecule has 0 aromatic heterocycles. The van der Waals surface area contributed by atoms with Crippen molar-refractivity contribution in [2.45, 2.75) is 31.9 Å². The lowest BCUT2D eigenvalue weighted by molar-refractivity contribution is -0.123. The summed E-state index contributed by atoms with van der Waals surface area (Å²) in [5, 5.41) is 15.0. The molecule has 0 radical (unpaired) electrons. The van der Waals surface area contributed by atoms with E-state index in [0.29, 0.717) is 17.4 Å². The first-order valence-corrected chi connectivity index (χ1v) is 11.6. The number of nitrogens with one attached hydrogen (secondary N) is 2. The number of hydrogen-bond acceptors (Lipinski definition) is 5. The number of nitriles is 1. The molecule has 33 heavy (non-hydrogen) atoms. The SMILES string of the molecule is CC(C#N)C(=O)Nc1cccc(C2=CC=CC3C=C(C(=O)NC4CN5CCC4CC5)OC23)c1. The molecule has 1 aliphatic carbocycles. The van der Waals surface area contributed by atoms with E-state index in [2.05, 4.69) is 15.5 Å². The Bertz CT molecular complexity index is 1090. The van der Waals surface area contributed by atoms with Crippen LogP contribution in [-0.2, 0) is 14.3 Å². The number of piperidine rings is 3. The standard InChI is InChI=1S/C26H28N4O3/c1-16(14-27)25(31)28-20-6-2-4-18(12-20)21-7-3-5-19-13-23(33-24(19)21)26(32)29-22-15-30-10-8-17(22)9-11-30/h2-7,12-13,16-17,19,22,24H,8-11,15H2,1H3,(H,28,31)(H,29,32). The summed E-state index contributed by atoms with van der Waals surface area (Å²) in [6.45, 7) is 4.76. The predicted octanol–water partition coefficient (Wildman–Crippen LogP) is 2.85. The zero-order chi connectivity index (χ0) is 22.9. The van der Waals surface area contributed by atoms with Gasteiger partial charge in [-0.3, -0.25) is 9.59 Å². The number of fused-ring (bicyclic) bond motifs is 4. The Balaban J connectivity index is 1.27. The molecule has 4 heterocycles. The van der Waals surface area contributed by atoms with E-state index >= 15 is 0 Å². The minimum absolute atomic E-state index is 0.0193. The Hall–Kier alpha value is -3.37. The Labute approximate surface area is 193 Å². The van der Waals surface area contributed by atoms with E-state index in [1.807, 2.05) is 48.6 Å². The quantitative estimate of drug-likeness (QED) is 0.728. The number of anilines is 1. The monoisotopic (exact) mass is 444 g/mol. The number of carbonyl (C=O) groups excluding carboxylic acids is 2. The zero-order valence-electron chi connectivity index (χ0n) is 18.7. The second-order valence-electron chi connectivity index (χ2n) is 9.29. The lowest BCUT2D eigenvalue weighted by Crippen LogP contribution is -2.57. The van der Waals surface area contributed by atoms with Crippen molar-refractivity contribution < 1.29 is 14.3 Å². The molecule has 2 N–H and O–H groups in total. The van der Waals surface area contributed by atoms with Gasteiger partial charge in [-0.25, -0.2) is 0 Å². The maximum Gasteiger partial charge on any atom is 0.286 e. The van der Waals surface area contributed by atoms with Crippen LogP contribution < -0.4 is 10.6 Å². The van der Waals surface area contributed by atoms with Gasteiger partial charge < -0.3 is 20.3 Å². The van der Waals surface area contributed by atoms with E-state index in [9.17, 15) is 9.59 Å². The number of benzene rings is 1. The van der Waals surface area contributed by atoms with Crippen molar-refractivity contribution in [1.82, 2.24) is 10.2 Å². The smallest absolute Gasteiger partial charge is 0.286 e. The molecule has 5 aliphatic rings. The van der Waals surface area contributed by atoms with Crippen LogP contribution in [0.3, 0.4) is 0 Å². The molecule has 2 bridgehead atoms. The van der Waals surface area contributed by atoms with E-state index in [1.54, 1.807) is 13.0 Å². The van der Waals surface area contributed by atoms with E-state index in [0.717, 1.165) is 43.6 Å². The van der Waals surface area contributed by atoms with Gasteiger partial charge in [0, 0.05) is 29.8 Å². The van der Waals surface area contributed by atoms with Crippen molar-refractivity contribution in [3.8, 4) is 6.07 Å². The summed E-state index contributed by atoms with van der Waals surface area (Å²) in [4.78, 5) is 27.5. The summed E-state index contributed by atoms with van der Waals surface area (Å²) in [5.41, 5.74) is 2.48. The molecule has 2 amide bonds. The molecule has 4 aliphatic heterocycles. The van der Waals surface area contributed by atoms with Gasteiger partial charge in [-0.1, -0.05) is 30.4 Å². The summed E-state index contributed by atoms with van der Waals surface area (Å²) in [5.74, 6) is -0.284. The van der Waals surface area contributed by atoms with Crippen molar-refractivity contribution in [2.24, 2.45) is 17.8 Å². The molecule has 1 aromatic carbocycles. The fraction of sp³-hybridized carbons (Fsp3) is 0.423. The fourth-order valence-electron chi connectivity index (χ4n) is 5.17. The molecule has 4 atom stereocenters. The van der Waals surface area contributed by atoms with Crippen LogP contribution in [0.25, 0.3) is 5.57 Å². The van der Waals surface area contributed by atoms with Crippen LogP contribution in [-0.4, -0.2) is 48.5 Å². The number of ether oxygens (including phenoxy) is 1. The molecular formula is C26H28N4O3. The van der Waals surface area contributed by atoms with E-state index in [4.69, 9.17) is 10.00 Å². The van der Waals surface area contributed by atoms with Gasteiger partial charge in [-0.15, -0.1) is 0 Å². The number of carbonyl (C=O) groups is 2. The van der Waals surface area contributed by atoms with Crippen LogP contribution >= 0.6 is 0 Å². The average molecular weight is 445 g/mol. The Morgan fingerprint density at radius 3 is 2.82 bits per heavy atom. The number of nitrogens with zero attached hydrogens (tertiary/aromatic N) is 2. The summed E-state index contributed by atoms with van der Waals surface area (Å²) < 4.78 is 6.18. The van der Waals surface area contributed by atoms with Gasteiger partial charge in [-0.05, 0) is 62.5 Å². The van der Waals surface area contributed by atoms with Crippen molar-refractivity contribution in [3.05, 3.63) is 59.9 Å². The Morgan fingerprint density at radius 2 is 2.09 bits per heavy atom. The van der Waals surface area contributed by atoms with Crippen molar-refractivity contribution in [3.63, 3.8) is 0 Å². The Kier molecular flexibility index (Phi) is 5.77.